The summed E-state index contributed by atoms with van der Waals surface area (Å²) in [4.78, 5) is 16.5. The van der Waals surface area contributed by atoms with Gasteiger partial charge in [0, 0.05) is 17.2 Å². The molecule has 1 amide bonds. The molecule has 21 heavy (non-hydrogen) atoms. The van der Waals surface area contributed by atoms with Gasteiger partial charge in [-0.25, -0.2) is 4.98 Å². The highest BCUT2D eigenvalue weighted by molar-refractivity contribution is 5.93. The molecule has 1 atom stereocenters. The van der Waals surface area contributed by atoms with Crippen LogP contribution in [0.15, 0.2) is 34.9 Å². The van der Waals surface area contributed by atoms with Crippen molar-refractivity contribution >= 4 is 11.6 Å². The van der Waals surface area contributed by atoms with Gasteiger partial charge in [-0.15, -0.1) is 0 Å². The summed E-state index contributed by atoms with van der Waals surface area (Å²) < 4.78 is 5.39. The number of carbonyl (C=O) groups is 1. The molecular weight excluding hydrogens is 266 g/mol. The molecular formula is C16H19N3O2. The van der Waals surface area contributed by atoms with Gasteiger partial charge in [0.25, 0.3) is 0 Å². The van der Waals surface area contributed by atoms with E-state index >= 15 is 0 Å². The number of benzene rings is 1. The molecule has 1 aromatic heterocycles. The van der Waals surface area contributed by atoms with Crippen LogP contribution < -0.4 is 10.6 Å². The minimum Gasteiger partial charge on any atom is -0.444 e. The lowest BCUT2D eigenvalue weighted by atomic mass is 9.88. The molecule has 5 nitrogen and oxygen atoms in total. The molecule has 1 aliphatic rings. The second-order valence-electron chi connectivity index (χ2n) is 5.57. The second-order valence-corrected chi connectivity index (χ2v) is 5.57. The molecule has 1 saturated heterocycles. The Labute approximate surface area is 123 Å². The van der Waals surface area contributed by atoms with E-state index in [0.29, 0.717) is 11.8 Å². The maximum Gasteiger partial charge on any atom is 0.227 e. The molecule has 0 saturated carbocycles. The van der Waals surface area contributed by atoms with Crippen molar-refractivity contribution in [3.05, 3.63) is 36.2 Å². The van der Waals surface area contributed by atoms with Crippen LogP contribution in [0, 0.1) is 18.8 Å². The number of hydrogen-bond acceptors (Lipinski definition) is 4. The van der Waals surface area contributed by atoms with E-state index in [1.807, 2.05) is 38.1 Å². The van der Waals surface area contributed by atoms with Crippen LogP contribution in [-0.4, -0.2) is 24.0 Å². The number of nitrogens with zero attached hydrogens (tertiary/aromatic N) is 1. The van der Waals surface area contributed by atoms with Crippen LogP contribution in [0.25, 0.3) is 11.5 Å². The molecule has 110 valence electrons. The third-order valence-corrected chi connectivity index (χ3v) is 3.93. The maximum absolute atomic E-state index is 12.2. The van der Waals surface area contributed by atoms with Crippen LogP contribution in [0.3, 0.4) is 0 Å². The van der Waals surface area contributed by atoms with Crippen molar-refractivity contribution in [1.82, 2.24) is 10.3 Å². The molecule has 1 aliphatic heterocycles. The van der Waals surface area contributed by atoms with E-state index in [0.717, 1.165) is 30.0 Å². The molecule has 1 fully saturated rings. The predicted octanol–water partition coefficient (Wildman–Crippen LogP) is 2.44. The molecule has 0 spiro atoms. The van der Waals surface area contributed by atoms with Crippen molar-refractivity contribution in [3.8, 4) is 11.5 Å². The first kappa shape index (κ1) is 13.8. The summed E-state index contributed by atoms with van der Waals surface area (Å²) in [6, 6.07) is 7.57. The van der Waals surface area contributed by atoms with Gasteiger partial charge in [-0.05, 0) is 44.1 Å². The maximum atomic E-state index is 12.2. The zero-order valence-electron chi connectivity index (χ0n) is 12.2. The Kier molecular flexibility index (Phi) is 3.75. The summed E-state index contributed by atoms with van der Waals surface area (Å²) in [6.45, 7) is 5.70. The van der Waals surface area contributed by atoms with Gasteiger partial charge in [0.05, 0.1) is 5.69 Å². The van der Waals surface area contributed by atoms with Crippen molar-refractivity contribution in [2.45, 2.75) is 13.8 Å². The first-order chi connectivity index (χ1) is 10.1. The minimum atomic E-state index is 0.0129. The van der Waals surface area contributed by atoms with E-state index < -0.39 is 0 Å². The average Bonchev–Trinajstić information content (AvgIpc) is 2.84. The molecule has 1 unspecified atom stereocenters. The summed E-state index contributed by atoms with van der Waals surface area (Å²) in [5, 5.41) is 6.16. The summed E-state index contributed by atoms with van der Waals surface area (Å²) in [7, 11) is 0. The highest BCUT2D eigenvalue weighted by atomic mass is 16.3. The number of anilines is 1. The van der Waals surface area contributed by atoms with Crippen LogP contribution >= 0.6 is 0 Å². The summed E-state index contributed by atoms with van der Waals surface area (Å²) in [6.07, 6.45) is 1.62. The van der Waals surface area contributed by atoms with Gasteiger partial charge >= 0.3 is 0 Å². The van der Waals surface area contributed by atoms with Gasteiger partial charge < -0.3 is 15.1 Å². The van der Waals surface area contributed by atoms with Gasteiger partial charge in [-0.3, -0.25) is 4.79 Å². The molecule has 2 aromatic rings. The zero-order chi connectivity index (χ0) is 14.8. The zero-order valence-corrected chi connectivity index (χ0v) is 12.2. The first-order valence-electron chi connectivity index (χ1n) is 7.17. The van der Waals surface area contributed by atoms with Gasteiger partial charge in [-0.1, -0.05) is 13.0 Å². The Hall–Kier alpha value is -2.14. The highest BCUT2D eigenvalue weighted by Crippen LogP contribution is 2.23. The number of oxazole rings is 1. The van der Waals surface area contributed by atoms with E-state index in [9.17, 15) is 4.79 Å². The van der Waals surface area contributed by atoms with Crippen LogP contribution in [0.4, 0.5) is 5.69 Å². The van der Waals surface area contributed by atoms with Crippen molar-refractivity contribution in [2.75, 3.05) is 18.4 Å². The number of carbonyl (C=O) groups excluding carboxylic acids is 1. The Morgan fingerprint density at radius 3 is 2.90 bits per heavy atom. The van der Waals surface area contributed by atoms with Crippen molar-refractivity contribution in [2.24, 2.45) is 11.8 Å². The first-order valence-corrected chi connectivity index (χ1v) is 7.17. The molecule has 0 bridgehead atoms. The molecule has 0 aliphatic carbocycles. The molecule has 3 rings (SSSR count). The van der Waals surface area contributed by atoms with Crippen LogP contribution in [0.2, 0.25) is 0 Å². The normalized spacial score (nSPS) is 16.3. The van der Waals surface area contributed by atoms with Gasteiger partial charge in [0.2, 0.25) is 11.8 Å². The fourth-order valence-electron chi connectivity index (χ4n) is 2.35. The van der Waals surface area contributed by atoms with Gasteiger partial charge in [0.15, 0.2) is 0 Å². The van der Waals surface area contributed by atoms with Gasteiger partial charge in [0.1, 0.15) is 6.26 Å². The quantitative estimate of drug-likeness (QED) is 0.905. The number of nitrogens with one attached hydrogen (secondary N) is 2. The minimum absolute atomic E-state index is 0.0129. The van der Waals surface area contributed by atoms with Crippen molar-refractivity contribution < 1.29 is 9.21 Å². The number of hydrogen-bond donors (Lipinski definition) is 2. The Morgan fingerprint density at radius 1 is 1.48 bits per heavy atom. The lowest BCUT2D eigenvalue weighted by molar-refractivity contribution is -0.121. The summed E-state index contributed by atoms with van der Waals surface area (Å²) in [5.41, 5.74) is 2.47. The predicted molar refractivity (Wildman–Crippen MR) is 80.8 cm³/mol. The van der Waals surface area contributed by atoms with Crippen molar-refractivity contribution in [3.63, 3.8) is 0 Å². The fourth-order valence-corrected chi connectivity index (χ4v) is 2.35. The van der Waals surface area contributed by atoms with E-state index in [1.54, 1.807) is 6.26 Å². The third kappa shape index (κ3) is 2.97. The smallest absolute Gasteiger partial charge is 0.227 e. The third-order valence-electron chi connectivity index (χ3n) is 3.93. The number of amides is 1. The Morgan fingerprint density at radius 2 is 2.29 bits per heavy atom. The standard InChI is InChI=1S/C16H19N3O2/c1-10-9-21-16(18-10)12-4-3-5-14(6-12)19-15(20)11(2)13-7-17-8-13/h3-6,9,11,13,17H,7-8H2,1-2H3,(H,19,20). The van der Waals surface area contributed by atoms with E-state index in [-0.39, 0.29) is 11.8 Å². The monoisotopic (exact) mass is 285 g/mol. The van der Waals surface area contributed by atoms with E-state index in [2.05, 4.69) is 15.6 Å². The molecule has 0 radical (unpaired) electrons. The lowest BCUT2D eigenvalue weighted by Crippen LogP contribution is -2.48. The van der Waals surface area contributed by atoms with Crippen LogP contribution in [-0.2, 0) is 4.79 Å². The Balaban J connectivity index is 1.72. The fraction of sp³-hybridized carbons (Fsp3) is 0.375. The number of aryl methyl sites for hydroxylation is 1. The highest BCUT2D eigenvalue weighted by Gasteiger charge is 2.28. The van der Waals surface area contributed by atoms with Crippen LogP contribution in [0.5, 0.6) is 0 Å². The number of rotatable bonds is 4. The lowest BCUT2D eigenvalue weighted by Gasteiger charge is -2.31. The molecule has 1 aromatic carbocycles. The summed E-state index contributed by atoms with van der Waals surface area (Å²) >= 11 is 0. The van der Waals surface area contributed by atoms with Crippen LogP contribution in [0.1, 0.15) is 12.6 Å². The summed E-state index contributed by atoms with van der Waals surface area (Å²) in [5.74, 6) is 1.07. The average molecular weight is 285 g/mol. The molecule has 2 N–H and O–H groups in total. The topological polar surface area (TPSA) is 67.2 Å². The largest absolute Gasteiger partial charge is 0.444 e. The molecule has 5 heteroatoms. The number of aromatic nitrogens is 1. The Bertz CT molecular complexity index is 646. The van der Waals surface area contributed by atoms with Gasteiger partial charge in [-0.2, -0.15) is 0 Å². The van der Waals surface area contributed by atoms with E-state index in [4.69, 9.17) is 4.42 Å². The van der Waals surface area contributed by atoms with E-state index in [1.165, 1.54) is 0 Å². The molecule has 2 heterocycles. The second kappa shape index (κ2) is 5.69. The SMILES string of the molecule is Cc1coc(-c2cccc(NC(=O)C(C)C3CNC3)c2)n1. The van der Waals surface area contributed by atoms with Crippen molar-refractivity contribution in [1.29, 1.82) is 0 Å².